The lowest BCUT2D eigenvalue weighted by Crippen LogP contribution is -2.43. The lowest BCUT2D eigenvalue weighted by atomic mass is 9.89. The standard InChI is InChI=1S/C26H35FN2O3S/c1-2-32-24(30)17-28-12-9-18(10-13-28)15-20-16-29(14-11-23(20)33)25(26(31)19-7-8-19)21-5-3-4-6-22(21)27/h3-6,15,18-19,23,25,33H,2,7-14,16-17H2,1H3/b20-15+. The predicted octanol–water partition coefficient (Wildman–Crippen LogP) is 4.05. The Balaban J connectivity index is 1.44. The smallest absolute Gasteiger partial charge is 0.320 e. The SMILES string of the molecule is CCOC(=O)CN1CCC(/C=C2\CN(C(C(=O)C3CC3)c3ccccc3F)CCC2S)CC1. The van der Waals surface area contributed by atoms with E-state index in [0.717, 1.165) is 51.7 Å². The van der Waals surface area contributed by atoms with Gasteiger partial charge in [-0.05, 0) is 69.7 Å². The molecular weight excluding hydrogens is 439 g/mol. The average Bonchev–Trinajstić information content (AvgIpc) is 3.64. The van der Waals surface area contributed by atoms with Crippen LogP contribution >= 0.6 is 12.6 Å². The van der Waals surface area contributed by atoms with Gasteiger partial charge in [-0.1, -0.05) is 24.3 Å². The number of hydrogen-bond donors (Lipinski definition) is 1. The van der Waals surface area contributed by atoms with Crippen LogP contribution in [0, 0.1) is 17.7 Å². The first kappa shape index (κ1) is 24.4. The van der Waals surface area contributed by atoms with Crippen LogP contribution in [0.25, 0.3) is 0 Å². The number of carbonyl (C=O) groups excluding carboxylic acids is 2. The Morgan fingerprint density at radius 3 is 2.55 bits per heavy atom. The fraction of sp³-hybridized carbons (Fsp3) is 0.615. The first-order valence-electron chi connectivity index (χ1n) is 12.2. The van der Waals surface area contributed by atoms with Crippen LogP contribution in [-0.2, 0) is 14.3 Å². The van der Waals surface area contributed by atoms with E-state index in [0.29, 0.717) is 31.2 Å². The van der Waals surface area contributed by atoms with E-state index in [1.165, 1.54) is 11.6 Å². The molecule has 3 aliphatic rings. The molecule has 1 aliphatic carbocycles. The molecule has 2 heterocycles. The van der Waals surface area contributed by atoms with Crippen LogP contribution in [0.2, 0.25) is 0 Å². The molecule has 7 heteroatoms. The third-order valence-electron chi connectivity index (χ3n) is 7.06. The second-order valence-electron chi connectivity index (χ2n) is 9.54. The zero-order valence-electron chi connectivity index (χ0n) is 19.4. The van der Waals surface area contributed by atoms with Gasteiger partial charge in [-0.15, -0.1) is 0 Å². The van der Waals surface area contributed by atoms with Gasteiger partial charge in [0.15, 0.2) is 5.78 Å². The summed E-state index contributed by atoms with van der Waals surface area (Å²) in [4.78, 5) is 29.3. The van der Waals surface area contributed by atoms with Crippen molar-refractivity contribution in [2.45, 2.75) is 50.3 Å². The number of Topliss-reactive ketones (excluding diaryl/α,β-unsaturated/α-hetero) is 1. The summed E-state index contributed by atoms with van der Waals surface area (Å²) in [6, 6.07) is 6.19. The number of rotatable bonds is 8. The molecule has 0 N–H and O–H groups in total. The number of esters is 1. The van der Waals surface area contributed by atoms with Crippen molar-refractivity contribution in [2.75, 3.05) is 39.3 Å². The summed E-state index contributed by atoms with van der Waals surface area (Å²) in [7, 11) is 0. The van der Waals surface area contributed by atoms with Crippen LogP contribution in [0.15, 0.2) is 35.9 Å². The number of likely N-dealkylation sites (tertiary alicyclic amines) is 2. The Morgan fingerprint density at radius 1 is 1.15 bits per heavy atom. The van der Waals surface area contributed by atoms with Crippen molar-refractivity contribution < 1.29 is 18.7 Å². The van der Waals surface area contributed by atoms with Gasteiger partial charge in [0.2, 0.25) is 0 Å². The number of halogens is 1. The molecule has 1 aromatic rings. The zero-order valence-corrected chi connectivity index (χ0v) is 20.3. The summed E-state index contributed by atoms with van der Waals surface area (Å²) < 4.78 is 19.8. The molecule has 33 heavy (non-hydrogen) atoms. The lowest BCUT2D eigenvalue weighted by molar-refractivity contribution is -0.144. The maximum absolute atomic E-state index is 14.7. The van der Waals surface area contributed by atoms with Crippen LogP contribution in [0.1, 0.15) is 50.6 Å². The zero-order chi connectivity index (χ0) is 23.4. The van der Waals surface area contributed by atoms with Crippen LogP contribution in [0.5, 0.6) is 0 Å². The van der Waals surface area contributed by atoms with E-state index in [1.54, 1.807) is 12.1 Å². The van der Waals surface area contributed by atoms with E-state index in [9.17, 15) is 14.0 Å². The summed E-state index contributed by atoms with van der Waals surface area (Å²) >= 11 is 4.84. The highest BCUT2D eigenvalue weighted by Crippen LogP contribution is 2.39. The van der Waals surface area contributed by atoms with E-state index in [4.69, 9.17) is 17.4 Å². The van der Waals surface area contributed by atoms with Crippen LogP contribution < -0.4 is 0 Å². The van der Waals surface area contributed by atoms with Crippen molar-refractivity contribution in [3.8, 4) is 0 Å². The number of piperidine rings is 2. The topological polar surface area (TPSA) is 49.9 Å². The Kier molecular flexibility index (Phi) is 8.25. The van der Waals surface area contributed by atoms with E-state index in [-0.39, 0.29) is 28.7 Å². The van der Waals surface area contributed by atoms with Gasteiger partial charge in [-0.3, -0.25) is 19.4 Å². The summed E-state index contributed by atoms with van der Waals surface area (Å²) in [5.41, 5.74) is 1.73. The minimum atomic E-state index is -0.519. The van der Waals surface area contributed by atoms with E-state index >= 15 is 0 Å². The highest BCUT2D eigenvalue weighted by Gasteiger charge is 2.41. The molecule has 0 spiro atoms. The predicted molar refractivity (Wildman–Crippen MR) is 130 cm³/mol. The third-order valence-corrected chi connectivity index (χ3v) is 7.65. The average molecular weight is 475 g/mol. The Bertz CT molecular complexity index is 880. The van der Waals surface area contributed by atoms with Gasteiger partial charge in [0.25, 0.3) is 0 Å². The first-order chi connectivity index (χ1) is 16.0. The maximum Gasteiger partial charge on any atom is 0.320 e. The first-order valence-corrected chi connectivity index (χ1v) is 12.8. The fourth-order valence-electron chi connectivity index (χ4n) is 5.06. The van der Waals surface area contributed by atoms with Gasteiger partial charge in [0, 0.05) is 29.8 Å². The second kappa shape index (κ2) is 11.2. The summed E-state index contributed by atoms with van der Waals surface area (Å²) in [5.74, 6) is 0.194. The minimum absolute atomic E-state index is 0.0690. The molecule has 2 saturated heterocycles. The number of carbonyl (C=O) groups is 2. The van der Waals surface area contributed by atoms with Crippen molar-refractivity contribution in [3.05, 3.63) is 47.3 Å². The van der Waals surface area contributed by atoms with Gasteiger partial charge in [-0.25, -0.2) is 4.39 Å². The number of thiol groups is 1. The number of hydrogen-bond acceptors (Lipinski definition) is 6. The van der Waals surface area contributed by atoms with Gasteiger partial charge in [0.1, 0.15) is 5.82 Å². The van der Waals surface area contributed by atoms with Gasteiger partial charge >= 0.3 is 5.97 Å². The van der Waals surface area contributed by atoms with Crippen LogP contribution in [0.3, 0.4) is 0 Å². The highest BCUT2D eigenvalue weighted by atomic mass is 32.1. The van der Waals surface area contributed by atoms with Crippen molar-refractivity contribution in [2.24, 2.45) is 11.8 Å². The summed E-state index contributed by atoms with van der Waals surface area (Å²) in [5, 5.41) is 0.163. The molecule has 180 valence electrons. The van der Waals surface area contributed by atoms with Crippen LogP contribution in [-0.4, -0.2) is 66.1 Å². The molecule has 0 amide bonds. The molecule has 3 fully saturated rings. The van der Waals surface area contributed by atoms with E-state index < -0.39 is 6.04 Å². The monoisotopic (exact) mass is 474 g/mol. The highest BCUT2D eigenvalue weighted by molar-refractivity contribution is 7.81. The fourth-order valence-corrected chi connectivity index (χ4v) is 5.35. The molecular formula is C26H35FN2O3S. The Hall–Kier alpha value is -1.70. The quantitative estimate of drug-likeness (QED) is 0.350. The molecule has 5 nitrogen and oxygen atoms in total. The van der Waals surface area contributed by atoms with Gasteiger partial charge < -0.3 is 4.74 Å². The number of ether oxygens (including phenoxy) is 1. The van der Waals surface area contributed by atoms with E-state index in [1.807, 2.05) is 13.0 Å². The summed E-state index contributed by atoms with van der Waals surface area (Å²) in [6.45, 7) is 5.72. The molecule has 1 aromatic carbocycles. The Labute approximate surface area is 201 Å². The molecule has 2 atom stereocenters. The Morgan fingerprint density at radius 2 is 1.88 bits per heavy atom. The molecule has 0 aromatic heterocycles. The molecule has 1 saturated carbocycles. The minimum Gasteiger partial charge on any atom is -0.465 e. The van der Waals surface area contributed by atoms with Crippen LogP contribution in [0.4, 0.5) is 4.39 Å². The summed E-state index contributed by atoms with van der Waals surface area (Å²) in [6.07, 6.45) is 6.99. The van der Waals surface area contributed by atoms with E-state index in [2.05, 4.69) is 15.9 Å². The number of ketones is 1. The van der Waals surface area contributed by atoms with Gasteiger partial charge in [-0.2, -0.15) is 12.6 Å². The molecule has 2 unspecified atom stereocenters. The largest absolute Gasteiger partial charge is 0.465 e. The number of nitrogens with zero attached hydrogens (tertiary/aromatic N) is 2. The maximum atomic E-state index is 14.7. The normalized spacial score (nSPS) is 25.2. The van der Waals surface area contributed by atoms with Crippen molar-refractivity contribution in [3.63, 3.8) is 0 Å². The number of allylic oxidation sites excluding steroid dienone is 1. The molecule has 0 bridgehead atoms. The van der Waals surface area contributed by atoms with Crippen molar-refractivity contribution in [1.82, 2.24) is 9.80 Å². The molecule has 4 rings (SSSR count). The molecule has 0 radical (unpaired) electrons. The second-order valence-corrected chi connectivity index (χ2v) is 10.2. The molecule has 2 aliphatic heterocycles. The third kappa shape index (κ3) is 6.25. The van der Waals surface area contributed by atoms with Crippen molar-refractivity contribution in [1.29, 1.82) is 0 Å². The lowest BCUT2D eigenvalue weighted by Gasteiger charge is -2.38. The van der Waals surface area contributed by atoms with Crippen molar-refractivity contribution >= 4 is 24.4 Å². The van der Waals surface area contributed by atoms with Gasteiger partial charge in [0.05, 0.1) is 19.2 Å². The number of benzene rings is 1.